The van der Waals surface area contributed by atoms with Crippen molar-refractivity contribution in [2.24, 2.45) is 11.7 Å². The van der Waals surface area contributed by atoms with Crippen molar-refractivity contribution in [3.8, 4) is 0 Å². The minimum atomic E-state index is -0.621. The van der Waals surface area contributed by atoms with Gasteiger partial charge in [0.05, 0.1) is 0 Å². The van der Waals surface area contributed by atoms with Gasteiger partial charge < -0.3 is 16.0 Å². The zero-order valence-corrected chi connectivity index (χ0v) is 11.4. The summed E-state index contributed by atoms with van der Waals surface area (Å²) >= 11 is 0. The third-order valence-electron chi connectivity index (χ3n) is 3.24. The van der Waals surface area contributed by atoms with E-state index in [1.807, 2.05) is 18.7 Å². The number of rotatable bonds is 4. The third-order valence-corrected chi connectivity index (χ3v) is 3.24. The summed E-state index contributed by atoms with van der Waals surface area (Å²) in [5, 5.41) is 2.58. The molecule has 3 N–H and O–H groups in total. The van der Waals surface area contributed by atoms with Gasteiger partial charge in [-0.25, -0.2) is 4.79 Å². The Hall–Kier alpha value is -1.26. The molecule has 5 nitrogen and oxygen atoms in total. The lowest BCUT2D eigenvalue weighted by Gasteiger charge is -2.27. The van der Waals surface area contributed by atoms with Gasteiger partial charge in [-0.05, 0) is 25.2 Å². The van der Waals surface area contributed by atoms with Crippen molar-refractivity contribution in [3.63, 3.8) is 0 Å². The summed E-state index contributed by atoms with van der Waals surface area (Å²) in [7, 11) is 0. The monoisotopic (exact) mass is 255 g/mol. The quantitative estimate of drug-likeness (QED) is 0.798. The van der Waals surface area contributed by atoms with E-state index in [1.54, 1.807) is 0 Å². The summed E-state index contributed by atoms with van der Waals surface area (Å²) in [6.07, 6.45) is 5.11. The summed E-state index contributed by atoms with van der Waals surface area (Å²) in [5.74, 6) is 0.363. The van der Waals surface area contributed by atoms with E-state index in [-0.39, 0.29) is 5.91 Å². The van der Waals surface area contributed by atoms with Crippen LogP contribution in [0.15, 0.2) is 0 Å². The van der Waals surface area contributed by atoms with Crippen LogP contribution in [-0.2, 0) is 4.79 Å². The van der Waals surface area contributed by atoms with Crippen LogP contribution in [0.4, 0.5) is 4.79 Å². The average Bonchev–Trinajstić information content (AvgIpc) is 2.54. The Morgan fingerprint density at radius 2 is 1.72 bits per heavy atom. The summed E-state index contributed by atoms with van der Waals surface area (Å²) < 4.78 is 0. The summed E-state index contributed by atoms with van der Waals surface area (Å²) in [4.78, 5) is 25.2. The smallest absolute Gasteiger partial charge is 0.312 e. The molecule has 104 valence electrons. The van der Waals surface area contributed by atoms with Crippen LogP contribution in [0.2, 0.25) is 0 Å². The molecular formula is C13H25N3O2. The van der Waals surface area contributed by atoms with Crippen LogP contribution < -0.4 is 11.1 Å². The molecule has 0 aromatic heterocycles. The number of carbonyl (C=O) groups excluding carboxylic acids is 2. The molecule has 1 rings (SSSR count). The van der Waals surface area contributed by atoms with Crippen molar-refractivity contribution in [2.45, 2.75) is 52.0 Å². The second kappa shape index (κ2) is 7.24. The second-order valence-electron chi connectivity index (χ2n) is 5.43. The fourth-order valence-corrected chi connectivity index (χ4v) is 2.38. The van der Waals surface area contributed by atoms with Gasteiger partial charge in [-0.15, -0.1) is 0 Å². The Balaban J connectivity index is 2.63. The highest BCUT2D eigenvalue weighted by atomic mass is 16.2. The first-order valence-electron chi connectivity index (χ1n) is 6.85. The van der Waals surface area contributed by atoms with Crippen LogP contribution in [0.1, 0.15) is 46.0 Å². The van der Waals surface area contributed by atoms with E-state index in [0.717, 1.165) is 25.9 Å². The molecule has 0 bridgehead atoms. The van der Waals surface area contributed by atoms with Crippen molar-refractivity contribution in [1.82, 2.24) is 10.2 Å². The zero-order valence-electron chi connectivity index (χ0n) is 11.4. The van der Waals surface area contributed by atoms with Gasteiger partial charge in [-0.2, -0.15) is 0 Å². The number of nitrogens with two attached hydrogens (primary N) is 1. The van der Waals surface area contributed by atoms with Gasteiger partial charge in [0.2, 0.25) is 5.91 Å². The molecular weight excluding hydrogens is 230 g/mol. The molecule has 1 aliphatic rings. The van der Waals surface area contributed by atoms with E-state index < -0.39 is 12.1 Å². The first-order chi connectivity index (χ1) is 8.50. The predicted octanol–water partition coefficient (Wildman–Crippen LogP) is 1.47. The molecule has 3 amide bonds. The van der Waals surface area contributed by atoms with Crippen molar-refractivity contribution in [3.05, 3.63) is 0 Å². The molecule has 1 aliphatic heterocycles. The second-order valence-corrected chi connectivity index (χ2v) is 5.43. The van der Waals surface area contributed by atoms with Gasteiger partial charge in [0.1, 0.15) is 6.04 Å². The molecule has 18 heavy (non-hydrogen) atoms. The molecule has 0 aromatic rings. The van der Waals surface area contributed by atoms with Gasteiger partial charge >= 0.3 is 6.03 Å². The zero-order chi connectivity index (χ0) is 13.5. The van der Waals surface area contributed by atoms with Gasteiger partial charge in [0.25, 0.3) is 0 Å². The number of likely N-dealkylation sites (tertiary alicyclic amines) is 1. The van der Waals surface area contributed by atoms with E-state index in [1.165, 1.54) is 12.8 Å². The summed E-state index contributed by atoms with van der Waals surface area (Å²) in [6.45, 7) is 5.67. The Labute approximate surface area is 109 Å². The predicted molar refractivity (Wildman–Crippen MR) is 71.0 cm³/mol. The summed E-state index contributed by atoms with van der Waals surface area (Å²) in [5.41, 5.74) is 5.15. The van der Waals surface area contributed by atoms with Gasteiger partial charge in [0.15, 0.2) is 0 Å². The topological polar surface area (TPSA) is 75.4 Å². The van der Waals surface area contributed by atoms with E-state index in [4.69, 9.17) is 5.73 Å². The molecule has 0 aliphatic carbocycles. The molecule has 5 heteroatoms. The highest BCUT2D eigenvalue weighted by Gasteiger charge is 2.26. The Kier molecular flexibility index (Phi) is 5.95. The SMILES string of the molecule is CC(C)CC(NC(N)=O)C(=O)N1CCCCCC1. The highest BCUT2D eigenvalue weighted by Crippen LogP contribution is 2.13. The Morgan fingerprint density at radius 3 is 2.17 bits per heavy atom. The highest BCUT2D eigenvalue weighted by molar-refractivity contribution is 5.86. The van der Waals surface area contributed by atoms with Gasteiger partial charge in [-0.3, -0.25) is 4.79 Å². The van der Waals surface area contributed by atoms with Crippen LogP contribution in [0.5, 0.6) is 0 Å². The standard InChI is InChI=1S/C13H25N3O2/c1-10(2)9-11(15-13(14)18)12(17)16-7-5-3-4-6-8-16/h10-11H,3-9H2,1-2H3,(H3,14,15,18). The van der Waals surface area contributed by atoms with Gasteiger partial charge in [0, 0.05) is 13.1 Å². The van der Waals surface area contributed by atoms with Crippen molar-refractivity contribution >= 4 is 11.9 Å². The minimum Gasteiger partial charge on any atom is -0.352 e. The number of nitrogens with zero attached hydrogens (tertiary/aromatic N) is 1. The van der Waals surface area contributed by atoms with Crippen molar-refractivity contribution < 1.29 is 9.59 Å². The molecule has 0 radical (unpaired) electrons. The number of amides is 3. The van der Waals surface area contributed by atoms with Crippen LogP contribution in [0.25, 0.3) is 0 Å². The molecule has 1 heterocycles. The number of urea groups is 1. The molecule has 1 saturated heterocycles. The molecule has 1 fully saturated rings. The number of carbonyl (C=O) groups is 2. The molecule has 0 aromatic carbocycles. The maximum atomic E-state index is 12.4. The normalized spacial score (nSPS) is 18.3. The number of nitrogens with one attached hydrogen (secondary N) is 1. The van der Waals surface area contributed by atoms with Crippen LogP contribution >= 0.6 is 0 Å². The van der Waals surface area contributed by atoms with E-state index >= 15 is 0 Å². The number of hydrogen-bond acceptors (Lipinski definition) is 2. The fraction of sp³-hybridized carbons (Fsp3) is 0.846. The Morgan fingerprint density at radius 1 is 1.17 bits per heavy atom. The van der Waals surface area contributed by atoms with Crippen LogP contribution in [0, 0.1) is 5.92 Å². The van der Waals surface area contributed by atoms with E-state index in [0.29, 0.717) is 12.3 Å². The van der Waals surface area contributed by atoms with Gasteiger partial charge in [-0.1, -0.05) is 26.7 Å². The largest absolute Gasteiger partial charge is 0.352 e. The lowest BCUT2D eigenvalue weighted by molar-refractivity contribution is -0.133. The fourth-order valence-electron chi connectivity index (χ4n) is 2.38. The lowest BCUT2D eigenvalue weighted by Crippen LogP contribution is -2.50. The maximum absolute atomic E-state index is 12.4. The van der Waals surface area contributed by atoms with Crippen molar-refractivity contribution in [2.75, 3.05) is 13.1 Å². The average molecular weight is 255 g/mol. The number of hydrogen-bond donors (Lipinski definition) is 2. The van der Waals surface area contributed by atoms with E-state index in [2.05, 4.69) is 5.32 Å². The number of primary amides is 1. The van der Waals surface area contributed by atoms with E-state index in [9.17, 15) is 9.59 Å². The molecule has 1 unspecified atom stereocenters. The molecule has 1 atom stereocenters. The molecule has 0 spiro atoms. The molecule has 0 saturated carbocycles. The summed E-state index contributed by atoms with van der Waals surface area (Å²) in [6, 6.07) is -1.09. The van der Waals surface area contributed by atoms with Crippen molar-refractivity contribution in [1.29, 1.82) is 0 Å². The minimum absolute atomic E-state index is 0.0180. The third kappa shape index (κ3) is 4.94. The van der Waals surface area contributed by atoms with Crippen LogP contribution in [-0.4, -0.2) is 36.0 Å². The lowest BCUT2D eigenvalue weighted by atomic mass is 10.0. The Bertz CT molecular complexity index is 284. The maximum Gasteiger partial charge on any atom is 0.312 e. The first kappa shape index (κ1) is 14.8. The van der Waals surface area contributed by atoms with Crippen LogP contribution in [0.3, 0.4) is 0 Å². The first-order valence-corrected chi connectivity index (χ1v) is 6.85.